The highest BCUT2D eigenvalue weighted by Crippen LogP contribution is 2.29. The van der Waals surface area contributed by atoms with Gasteiger partial charge < -0.3 is 15.0 Å². The highest BCUT2D eigenvalue weighted by molar-refractivity contribution is 5.78. The molecule has 1 aliphatic rings. The molecule has 0 fully saturated rings. The first-order valence-corrected chi connectivity index (χ1v) is 8.26. The fourth-order valence-electron chi connectivity index (χ4n) is 3.01. The number of ether oxygens (including phenoxy) is 1. The van der Waals surface area contributed by atoms with Crippen molar-refractivity contribution < 1.29 is 9.53 Å². The highest BCUT2D eigenvalue weighted by atomic mass is 16.5. The monoisotopic (exact) mass is 304 g/mol. The third-order valence-electron chi connectivity index (χ3n) is 4.55. The van der Waals surface area contributed by atoms with Crippen LogP contribution in [0.2, 0.25) is 0 Å². The number of rotatable bonds is 7. The normalized spacial score (nSPS) is 14.8. The van der Waals surface area contributed by atoms with Gasteiger partial charge in [0.25, 0.3) is 0 Å². The second-order valence-electron chi connectivity index (χ2n) is 6.20. The van der Waals surface area contributed by atoms with E-state index < -0.39 is 0 Å². The summed E-state index contributed by atoms with van der Waals surface area (Å²) in [6.07, 6.45) is 2.76. The Morgan fingerprint density at radius 2 is 2.05 bits per heavy atom. The van der Waals surface area contributed by atoms with Gasteiger partial charge in [-0.2, -0.15) is 0 Å². The molecule has 4 heteroatoms. The van der Waals surface area contributed by atoms with Crippen LogP contribution in [0.15, 0.2) is 18.2 Å². The lowest BCUT2D eigenvalue weighted by Gasteiger charge is -2.26. The SMILES string of the molecule is CCC(CC)C(=O)NCC(c1ccc2c(c1)CCO2)N(C)C. The molecular weight excluding hydrogens is 276 g/mol. The van der Waals surface area contributed by atoms with Crippen LogP contribution in [0.3, 0.4) is 0 Å². The van der Waals surface area contributed by atoms with Gasteiger partial charge in [-0.3, -0.25) is 4.79 Å². The molecule has 1 aromatic carbocycles. The van der Waals surface area contributed by atoms with Gasteiger partial charge in [0.2, 0.25) is 5.91 Å². The fourth-order valence-corrected chi connectivity index (χ4v) is 3.01. The van der Waals surface area contributed by atoms with E-state index in [1.165, 1.54) is 11.1 Å². The first-order chi connectivity index (χ1) is 10.6. The molecule has 1 heterocycles. The van der Waals surface area contributed by atoms with Crippen LogP contribution in [0, 0.1) is 5.92 Å². The lowest BCUT2D eigenvalue weighted by molar-refractivity contribution is -0.125. The zero-order valence-corrected chi connectivity index (χ0v) is 14.2. The van der Waals surface area contributed by atoms with Crippen LogP contribution in [0.4, 0.5) is 0 Å². The summed E-state index contributed by atoms with van der Waals surface area (Å²) < 4.78 is 5.57. The number of carbonyl (C=O) groups excluding carboxylic acids is 1. The summed E-state index contributed by atoms with van der Waals surface area (Å²) in [7, 11) is 4.11. The summed E-state index contributed by atoms with van der Waals surface area (Å²) >= 11 is 0. The zero-order chi connectivity index (χ0) is 16.1. The van der Waals surface area contributed by atoms with Crippen molar-refractivity contribution in [1.82, 2.24) is 10.2 Å². The fraction of sp³-hybridized carbons (Fsp3) is 0.611. The molecule has 2 rings (SSSR count). The van der Waals surface area contributed by atoms with Gasteiger partial charge in [-0.05, 0) is 44.1 Å². The summed E-state index contributed by atoms with van der Waals surface area (Å²) in [5.41, 5.74) is 2.51. The standard InChI is InChI=1S/C18H28N2O2/c1-5-13(6-2)18(21)19-12-16(20(3)4)14-7-8-17-15(11-14)9-10-22-17/h7-8,11,13,16H,5-6,9-10,12H2,1-4H3,(H,19,21). The van der Waals surface area contributed by atoms with Crippen LogP contribution < -0.4 is 10.1 Å². The molecule has 0 spiro atoms. The quantitative estimate of drug-likeness (QED) is 0.842. The van der Waals surface area contributed by atoms with Crippen LogP contribution in [0.25, 0.3) is 0 Å². The van der Waals surface area contributed by atoms with E-state index in [4.69, 9.17) is 4.74 Å². The number of hydrogen-bond acceptors (Lipinski definition) is 3. The Morgan fingerprint density at radius 3 is 2.68 bits per heavy atom. The van der Waals surface area contributed by atoms with Gasteiger partial charge in [-0.15, -0.1) is 0 Å². The molecule has 1 atom stereocenters. The van der Waals surface area contributed by atoms with E-state index in [1.54, 1.807) is 0 Å². The number of nitrogens with one attached hydrogen (secondary N) is 1. The molecule has 0 saturated heterocycles. The van der Waals surface area contributed by atoms with E-state index in [0.717, 1.165) is 31.6 Å². The number of amides is 1. The highest BCUT2D eigenvalue weighted by Gasteiger charge is 2.21. The van der Waals surface area contributed by atoms with Crippen LogP contribution in [0.5, 0.6) is 5.75 Å². The van der Waals surface area contributed by atoms with Crippen LogP contribution >= 0.6 is 0 Å². The Kier molecular flexibility index (Phi) is 5.83. The zero-order valence-electron chi connectivity index (χ0n) is 14.2. The molecule has 0 aromatic heterocycles. The summed E-state index contributed by atoms with van der Waals surface area (Å²) in [4.78, 5) is 14.4. The van der Waals surface area contributed by atoms with Crippen LogP contribution in [0.1, 0.15) is 43.9 Å². The number of nitrogens with zero attached hydrogens (tertiary/aromatic N) is 1. The predicted octanol–water partition coefficient (Wildman–Crippen LogP) is 2.78. The van der Waals surface area contributed by atoms with Crippen molar-refractivity contribution in [2.75, 3.05) is 27.2 Å². The number of benzene rings is 1. The van der Waals surface area contributed by atoms with Gasteiger partial charge in [-0.1, -0.05) is 26.0 Å². The van der Waals surface area contributed by atoms with Crippen molar-refractivity contribution in [2.45, 2.75) is 39.2 Å². The van der Waals surface area contributed by atoms with E-state index in [-0.39, 0.29) is 17.9 Å². The lowest BCUT2D eigenvalue weighted by atomic mass is 10.00. The van der Waals surface area contributed by atoms with E-state index in [9.17, 15) is 4.79 Å². The third kappa shape index (κ3) is 3.80. The van der Waals surface area contributed by atoms with Crippen LogP contribution in [-0.2, 0) is 11.2 Å². The first kappa shape index (κ1) is 16.8. The largest absolute Gasteiger partial charge is 0.493 e. The van der Waals surface area contributed by atoms with Crippen molar-refractivity contribution >= 4 is 5.91 Å². The summed E-state index contributed by atoms with van der Waals surface area (Å²) in [6, 6.07) is 6.56. The Bertz CT molecular complexity index is 510. The average molecular weight is 304 g/mol. The van der Waals surface area contributed by atoms with E-state index in [1.807, 2.05) is 0 Å². The molecule has 1 amide bonds. The maximum atomic E-state index is 12.2. The minimum atomic E-state index is 0.122. The molecule has 0 bridgehead atoms. The van der Waals surface area contributed by atoms with Crippen LogP contribution in [-0.4, -0.2) is 38.1 Å². The van der Waals surface area contributed by atoms with E-state index in [2.05, 4.69) is 56.4 Å². The molecule has 1 N–H and O–H groups in total. The molecule has 1 aromatic rings. The average Bonchev–Trinajstić information content (AvgIpc) is 2.96. The smallest absolute Gasteiger partial charge is 0.223 e. The predicted molar refractivity (Wildman–Crippen MR) is 89.2 cm³/mol. The van der Waals surface area contributed by atoms with Gasteiger partial charge in [0.05, 0.1) is 12.6 Å². The molecule has 4 nitrogen and oxygen atoms in total. The van der Waals surface area contributed by atoms with Crippen molar-refractivity contribution in [2.24, 2.45) is 5.92 Å². The topological polar surface area (TPSA) is 41.6 Å². The molecule has 122 valence electrons. The van der Waals surface area contributed by atoms with Gasteiger partial charge in [0.15, 0.2) is 0 Å². The first-order valence-electron chi connectivity index (χ1n) is 8.26. The van der Waals surface area contributed by atoms with Crippen molar-refractivity contribution in [1.29, 1.82) is 0 Å². The molecule has 0 radical (unpaired) electrons. The Labute approximate surface area is 133 Å². The maximum Gasteiger partial charge on any atom is 0.223 e. The van der Waals surface area contributed by atoms with E-state index >= 15 is 0 Å². The van der Waals surface area contributed by atoms with Gasteiger partial charge in [0.1, 0.15) is 5.75 Å². The number of likely N-dealkylation sites (N-methyl/N-ethyl adjacent to an activating group) is 1. The molecular formula is C18H28N2O2. The lowest BCUT2D eigenvalue weighted by Crippen LogP contribution is -2.37. The van der Waals surface area contributed by atoms with Crippen molar-refractivity contribution in [3.05, 3.63) is 29.3 Å². The summed E-state index contributed by atoms with van der Waals surface area (Å²) in [6.45, 7) is 5.55. The Morgan fingerprint density at radius 1 is 1.32 bits per heavy atom. The number of fused-ring (bicyclic) bond motifs is 1. The summed E-state index contributed by atoms with van der Waals surface area (Å²) in [5.74, 6) is 1.29. The molecule has 1 aliphatic heterocycles. The minimum absolute atomic E-state index is 0.122. The molecule has 0 aliphatic carbocycles. The molecule has 22 heavy (non-hydrogen) atoms. The third-order valence-corrected chi connectivity index (χ3v) is 4.55. The molecule has 0 saturated carbocycles. The second kappa shape index (κ2) is 7.63. The van der Waals surface area contributed by atoms with Crippen molar-refractivity contribution in [3.8, 4) is 5.75 Å². The van der Waals surface area contributed by atoms with Crippen molar-refractivity contribution in [3.63, 3.8) is 0 Å². The molecule has 1 unspecified atom stereocenters. The number of hydrogen-bond donors (Lipinski definition) is 1. The van der Waals surface area contributed by atoms with Gasteiger partial charge >= 0.3 is 0 Å². The second-order valence-corrected chi connectivity index (χ2v) is 6.20. The minimum Gasteiger partial charge on any atom is -0.493 e. The Hall–Kier alpha value is -1.55. The van der Waals surface area contributed by atoms with Gasteiger partial charge in [0, 0.05) is 18.9 Å². The maximum absolute atomic E-state index is 12.2. The summed E-state index contributed by atoms with van der Waals surface area (Å²) in [5, 5.41) is 3.12. The Balaban J connectivity index is 2.06. The van der Waals surface area contributed by atoms with E-state index in [0.29, 0.717) is 6.54 Å². The van der Waals surface area contributed by atoms with Gasteiger partial charge in [-0.25, -0.2) is 0 Å². The number of carbonyl (C=O) groups is 1.